The zero-order valence-corrected chi connectivity index (χ0v) is 16.0. The van der Waals surface area contributed by atoms with Crippen LogP contribution in [0.4, 0.5) is 10.1 Å². The highest BCUT2D eigenvalue weighted by Crippen LogP contribution is 2.26. The van der Waals surface area contributed by atoms with Crippen molar-refractivity contribution in [3.05, 3.63) is 84.4 Å². The maximum Gasteiger partial charge on any atom is 0.339 e. The number of pyridine rings is 1. The molecular weight excluding hydrogens is 387 g/mol. The number of halogens is 1. The van der Waals surface area contributed by atoms with Gasteiger partial charge in [-0.05, 0) is 43.3 Å². The Morgan fingerprint density at radius 1 is 1.07 bits per heavy atom. The molecule has 2 aromatic heterocycles. The predicted octanol–water partition coefficient (Wildman–Crippen LogP) is 4.82. The van der Waals surface area contributed by atoms with Crippen molar-refractivity contribution in [1.29, 1.82) is 0 Å². The van der Waals surface area contributed by atoms with E-state index >= 15 is 0 Å². The summed E-state index contributed by atoms with van der Waals surface area (Å²) in [4.78, 5) is 29.8. The Hall–Kier alpha value is -4.00. The molecule has 0 aliphatic carbocycles. The zero-order valence-electron chi connectivity index (χ0n) is 16.0. The third-order valence-electron chi connectivity index (χ3n) is 4.49. The molecule has 6 nitrogen and oxygen atoms in total. The van der Waals surface area contributed by atoms with Crippen LogP contribution in [0, 0.1) is 5.82 Å². The Morgan fingerprint density at radius 3 is 2.60 bits per heavy atom. The van der Waals surface area contributed by atoms with Gasteiger partial charge in [0.1, 0.15) is 11.5 Å². The average Bonchev–Trinajstić information content (AvgIpc) is 3.29. The maximum atomic E-state index is 13.8. The summed E-state index contributed by atoms with van der Waals surface area (Å²) in [5.41, 5.74) is 1.31. The molecule has 1 amide bonds. The molecule has 0 radical (unpaired) electrons. The average molecular weight is 404 g/mol. The van der Waals surface area contributed by atoms with E-state index in [9.17, 15) is 14.0 Å². The lowest BCUT2D eigenvalue weighted by molar-refractivity contribution is -0.123. The maximum absolute atomic E-state index is 13.8. The van der Waals surface area contributed by atoms with Crippen LogP contribution in [-0.4, -0.2) is 23.0 Å². The largest absolute Gasteiger partial charge is 0.463 e. The molecule has 0 fully saturated rings. The summed E-state index contributed by atoms with van der Waals surface area (Å²) in [5.74, 6) is -1.41. The number of esters is 1. The zero-order chi connectivity index (χ0) is 21.1. The number of furan rings is 1. The minimum Gasteiger partial charge on any atom is -0.463 e. The minimum atomic E-state index is -1.14. The Bertz CT molecular complexity index is 1220. The fraction of sp³-hybridized carbons (Fsp3) is 0.0870. The number of amides is 1. The van der Waals surface area contributed by atoms with E-state index in [-0.39, 0.29) is 11.3 Å². The molecule has 4 rings (SSSR count). The van der Waals surface area contributed by atoms with Crippen molar-refractivity contribution in [2.75, 3.05) is 5.32 Å². The predicted molar refractivity (Wildman–Crippen MR) is 109 cm³/mol. The van der Waals surface area contributed by atoms with Gasteiger partial charge in [-0.3, -0.25) is 4.79 Å². The summed E-state index contributed by atoms with van der Waals surface area (Å²) in [5, 5.41) is 3.00. The summed E-state index contributed by atoms with van der Waals surface area (Å²) in [6.45, 7) is 1.42. The Kier molecular flexibility index (Phi) is 5.26. The third-order valence-corrected chi connectivity index (χ3v) is 4.49. The van der Waals surface area contributed by atoms with E-state index in [1.165, 1.54) is 31.4 Å². The third kappa shape index (κ3) is 3.91. The van der Waals surface area contributed by atoms with Crippen LogP contribution in [0.5, 0.6) is 0 Å². The Labute approximate surface area is 171 Å². The van der Waals surface area contributed by atoms with E-state index < -0.39 is 23.8 Å². The summed E-state index contributed by atoms with van der Waals surface area (Å²) < 4.78 is 24.5. The molecule has 30 heavy (non-hydrogen) atoms. The first-order chi connectivity index (χ1) is 14.5. The molecule has 0 saturated carbocycles. The van der Waals surface area contributed by atoms with Crippen LogP contribution < -0.4 is 5.32 Å². The van der Waals surface area contributed by atoms with Crippen LogP contribution in [-0.2, 0) is 9.53 Å². The number of fused-ring (bicyclic) bond motifs is 1. The van der Waals surface area contributed by atoms with E-state index in [0.29, 0.717) is 22.4 Å². The molecule has 0 unspecified atom stereocenters. The van der Waals surface area contributed by atoms with Gasteiger partial charge in [0.2, 0.25) is 0 Å². The van der Waals surface area contributed by atoms with Gasteiger partial charge in [0.25, 0.3) is 5.91 Å². The van der Waals surface area contributed by atoms with Crippen molar-refractivity contribution >= 4 is 28.5 Å². The van der Waals surface area contributed by atoms with Crippen LogP contribution >= 0.6 is 0 Å². The van der Waals surface area contributed by atoms with E-state index in [0.717, 1.165) is 0 Å². The monoisotopic (exact) mass is 404 g/mol. The molecule has 0 saturated heterocycles. The Morgan fingerprint density at radius 2 is 1.83 bits per heavy atom. The number of hydrogen-bond acceptors (Lipinski definition) is 5. The number of carbonyl (C=O) groups excluding carboxylic acids is 2. The van der Waals surface area contributed by atoms with Crippen LogP contribution in [0.15, 0.2) is 77.4 Å². The summed E-state index contributed by atoms with van der Waals surface area (Å²) in [6, 6.07) is 17.9. The summed E-state index contributed by atoms with van der Waals surface area (Å²) >= 11 is 0. The van der Waals surface area contributed by atoms with Crippen LogP contribution in [0.3, 0.4) is 0 Å². The van der Waals surface area contributed by atoms with Gasteiger partial charge in [-0.1, -0.05) is 30.3 Å². The smallest absolute Gasteiger partial charge is 0.339 e. The van der Waals surface area contributed by atoms with Gasteiger partial charge in [0.05, 0.1) is 23.0 Å². The van der Waals surface area contributed by atoms with E-state index in [1.807, 2.05) is 0 Å². The number of carbonyl (C=O) groups is 2. The fourth-order valence-corrected chi connectivity index (χ4v) is 2.97. The van der Waals surface area contributed by atoms with E-state index in [2.05, 4.69) is 10.3 Å². The number of hydrogen-bond donors (Lipinski definition) is 1. The van der Waals surface area contributed by atoms with Crippen molar-refractivity contribution in [3.63, 3.8) is 0 Å². The second-order valence-corrected chi connectivity index (χ2v) is 6.57. The highest BCUT2D eigenvalue weighted by Gasteiger charge is 2.22. The lowest BCUT2D eigenvalue weighted by Crippen LogP contribution is -2.30. The minimum absolute atomic E-state index is 0.0138. The lowest BCUT2D eigenvalue weighted by atomic mass is 10.1. The highest BCUT2D eigenvalue weighted by atomic mass is 19.1. The molecule has 1 N–H and O–H groups in total. The normalized spacial score (nSPS) is 11.8. The number of nitrogens with one attached hydrogen (secondary N) is 1. The molecule has 7 heteroatoms. The first-order valence-corrected chi connectivity index (χ1v) is 9.23. The van der Waals surface area contributed by atoms with Crippen molar-refractivity contribution in [2.24, 2.45) is 0 Å². The van der Waals surface area contributed by atoms with Gasteiger partial charge < -0.3 is 14.5 Å². The number of nitrogens with zero attached hydrogens (tertiary/aromatic N) is 1. The number of ether oxygens (including phenoxy) is 1. The first kappa shape index (κ1) is 19.3. The quantitative estimate of drug-likeness (QED) is 0.483. The van der Waals surface area contributed by atoms with Crippen molar-refractivity contribution in [1.82, 2.24) is 4.98 Å². The summed E-state index contributed by atoms with van der Waals surface area (Å²) in [7, 11) is 0. The van der Waals surface area contributed by atoms with Gasteiger partial charge in [-0.2, -0.15) is 0 Å². The molecule has 150 valence electrons. The molecule has 0 aliphatic rings. The summed E-state index contributed by atoms with van der Waals surface area (Å²) in [6.07, 6.45) is 0.371. The number of benzene rings is 2. The SMILES string of the molecule is C[C@H](OC(=O)c1cc(-c2ccco2)nc2ccccc12)C(=O)Nc1ccccc1F. The molecule has 2 aromatic carbocycles. The molecular formula is C23H17FN2O4. The first-order valence-electron chi connectivity index (χ1n) is 9.23. The molecule has 4 aromatic rings. The van der Waals surface area contributed by atoms with Crippen LogP contribution in [0.1, 0.15) is 17.3 Å². The number of para-hydroxylation sites is 2. The number of aromatic nitrogens is 1. The van der Waals surface area contributed by atoms with Gasteiger partial charge in [-0.25, -0.2) is 14.2 Å². The number of anilines is 1. The molecule has 1 atom stereocenters. The van der Waals surface area contributed by atoms with Crippen molar-refractivity contribution in [3.8, 4) is 11.5 Å². The van der Waals surface area contributed by atoms with Crippen molar-refractivity contribution in [2.45, 2.75) is 13.0 Å². The van der Waals surface area contributed by atoms with Crippen LogP contribution in [0.25, 0.3) is 22.4 Å². The van der Waals surface area contributed by atoms with Gasteiger partial charge in [0, 0.05) is 5.39 Å². The van der Waals surface area contributed by atoms with Gasteiger partial charge >= 0.3 is 5.97 Å². The van der Waals surface area contributed by atoms with Crippen molar-refractivity contribution < 1.29 is 23.1 Å². The highest BCUT2D eigenvalue weighted by molar-refractivity contribution is 6.05. The van der Waals surface area contributed by atoms with E-state index in [4.69, 9.17) is 9.15 Å². The van der Waals surface area contributed by atoms with E-state index in [1.54, 1.807) is 48.5 Å². The molecule has 0 bridgehead atoms. The van der Waals surface area contributed by atoms with Gasteiger partial charge in [-0.15, -0.1) is 0 Å². The Balaban J connectivity index is 1.59. The fourth-order valence-electron chi connectivity index (χ4n) is 2.97. The standard InChI is InChI=1S/C23H17FN2O4/c1-14(22(27)26-19-10-5-3-8-17(19)24)30-23(28)16-13-20(21-11-6-12-29-21)25-18-9-4-2-7-15(16)18/h2-14H,1H3,(H,26,27)/t14-/m0/s1. The second-order valence-electron chi connectivity index (χ2n) is 6.57. The topological polar surface area (TPSA) is 81.4 Å². The molecule has 0 spiro atoms. The molecule has 2 heterocycles. The lowest BCUT2D eigenvalue weighted by Gasteiger charge is -2.15. The number of rotatable bonds is 5. The molecule has 0 aliphatic heterocycles. The van der Waals surface area contributed by atoms with Crippen LogP contribution in [0.2, 0.25) is 0 Å². The van der Waals surface area contributed by atoms with Gasteiger partial charge in [0.15, 0.2) is 11.9 Å². The second kappa shape index (κ2) is 8.16.